The number of carbonyl (C=O) groups excluding carboxylic acids is 1. The predicted octanol–water partition coefficient (Wildman–Crippen LogP) is 2.49. The number of ether oxygens (including phenoxy) is 1. The number of carbonyl (C=O) groups is 1. The van der Waals surface area contributed by atoms with E-state index in [1.807, 2.05) is 0 Å². The van der Waals surface area contributed by atoms with Crippen LogP contribution in [0.25, 0.3) is 10.8 Å². The number of amides is 1. The molecule has 3 rings (SSSR count). The van der Waals surface area contributed by atoms with Crippen LogP contribution in [-0.2, 0) is 21.2 Å². The number of pyridine rings is 1. The second kappa shape index (κ2) is 9.04. The lowest BCUT2D eigenvalue weighted by Gasteiger charge is -2.28. The minimum absolute atomic E-state index is 0.0196. The summed E-state index contributed by atoms with van der Waals surface area (Å²) in [5.41, 5.74) is 0.247. The second-order valence-corrected chi connectivity index (χ2v) is 8.55. The van der Waals surface area contributed by atoms with Gasteiger partial charge >= 0.3 is 0 Å². The average molecular weight is 449 g/mol. The molecule has 1 aromatic heterocycles. The number of hydrogen-bond donors (Lipinski definition) is 1. The van der Waals surface area contributed by atoms with E-state index in [4.69, 9.17) is 9.88 Å². The Hall–Kier alpha value is -2.95. The van der Waals surface area contributed by atoms with Crippen LogP contribution in [0.1, 0.15) is 16.1 Å². The molecule has 31 heavy (non-hydrogen) atoms. The van der Waals surface area contributed by atoms with Gasteiger partial charge in [-0.2, -0.15) is 0 Å². The van der Waals surface area contributed by atoms with Crippen molar-refractivity contribution in [1.29, 1.82) is 0 Å². The first kappa shape index (κ1) is 22.7. The molecular formula is C21H21F2N3O4S. The van der Waals surface area contributed by atoms with E-state index >= 15 is 0 Å². The average Bonchev–Trinajstić information content (AvgIpc) is 2.72. The summed E-state index contributed by atoms with van der Waals surface area (Å²) in [7, 11) is -1.05. The van der Waals surface area contributed by atoms with Gasteiger partial charge < -0.3 is 9.64 Å². The number of benzene rings is 2. The SMILES string of the molecule is COCC(Cc1ccc(F)cc1F)N(C)C(=O)c1nccc2c(S(N)(=O)=O)cccc12. The van der Waals surface area contributed by atoms with Crippen molar-refractivity contribution in [2.45, 2.75) is 17.4 Å². The number of aromatic nitrogens is 1. The van der Waals surface area contributed by atoms with Crippen molar-refractivity contribution >= 4 is 26.7 Å². The van der Waals surface area contributed by atoms with Crippen molar-refractivity contribution < 1.29 is 26.7 Å². The summed E-state index contributed by atoms with van der Waals surface area (Å²) in [6, 6.07) is 8.51. The summed E-state index contributed by atoms with van der Waals surface area (Å²) in [6.45, 7) is 0.0895. The van der Waals surface area contributed by atoms with Gasteiger partial charge in [0.2, 0.25) is 10.0 Å². The number of methoxy groups -OCH3 is 1. The fraction of sp³-hybridized carbons (Fsp3) is 0.238. The van der Waals surface area contributed by atoms with Crippen molar-refractivity contribution in [1.82, 2.24) is 9.88 Å². The van der Waals surface area contributed by atoms with Crippen LogP contribution in [0, 0.1) is 11.6 Å². The summed E-state index contributed by atoms with van der Waals surface area (Å²) in [6.07, 6.45) is 1.40. The molecule has 0 saturated heterocycles. The third-order valence-corrected chi connectivity index (χ3v) is 5.94. The van der Waals surface area contributed by atoms with Crippen molar-refractivity contribution in [2.75, 3.05) is 20.8 Å². The highest BCUT2D eigenvalue weighted by molar-refractivity contribution is 7.89. The van der Waals surface area contributed by atoms with E-state index in [0.717, 1.165) is 12.1 Å². The molecule has 0 aliphatic carbocycles. The maximum atomic E-state index is 14.1. The zero-order valence-corrected chi connectivity index (χ0v) is 17.7. The minimum Gasteiger partial charge on any atom is -0.383 e. The van der Waals surface area contributed by atoms with Gasteiger partial charge in [-0.3, -0.25) is 9.78 Å². The van der Waals surface area contributed by atoms with Crippen LogP contribution >= 0.6 is 0 Å². The molecule has 0 spiro atoms. The number of nitrogens with two attached hydrogens (primary N) is 1. The molecule has 3 aromatic rings. The van der Waals surface area contributed by atoms with E-state index in [9.17, 15) is 22.0 Å². The second-order valence-electron chi connectivity index (χ2n) is 7.02. The van der Waals surface area contributed by atoms with E-state index in [1.54, 1.807) is 6.07 Å². The molecule has 0 saturated carbocycles. The number of likely N-dealkylation sites (N-methyl/N-ethyl adjacent to an activating group) is 1. The topological polar surface area (TPSA) is 103 Å². The fourth-order valence-electron chi connectivity index (χ4n) is 3.37. The molecule has 0 bridgehead atoms. The third kappa shape index (κ3) is 4.87. The smallest absolute Gasteiger partial charge is 0.273 e. The van der Waals surface area contributed by atoms with E-state index in [0.29, 0.717) is 5.39 Å². The van der Waals surface area contributed by atoms with E-state index in [1.165, 1.54) is 49.5 Å². The van der Waals surface area contributed by atoms with Crippen molar-refractivity contribution in [2.24, 2.45) is 5.14 Å². The Morgan fingerprint density at radius 1 is 1.19 bits per heavy atom. The Morgan fingerprint density at radius 3 is 2.58 bits per heavy atom. The van der Waals surface area contributed by atoms with Crippen molar-refractivity contribution in [3.8, 4) is 0 Å². The van der Waals surface area contributed by atoms with Crippen LogP contribution in [0.3, 0.4) is 0 Å². The summed E-state index contributed by atoms with van der Waals surface area (Å²) in [5, 5.41) is 5.87. The molecule has 1 amide bonds. The molecule has 2 aromatic carbocycles. The molecule has 0 aliphatic rings. The normalized spacial score (nSPS) is 12.7. The lowest BCUT2D eigenvalue weighted by Crippen LogP contribution is -2.42. The highest BCUT2D eigenvalue weighted by Gasteiger charge is 2.26. The number of primary sulfonamides is 1. The first-order chi connectivity index (χ1) is 14.6. The van der Waals surface area contributed by atoms with Gasteiger partial charge in [0.25, 0.3) is 5.91 Å². The molecule has 7 nitrogen and oxygen atoms in total. The highest BCUT2D eigenvalue weighted by atomic mass is 32.2. The first-order valence-corrected chi connectivity index (χ1v) is 10.8. The molecule has 1 atom stereocenters. The molecular weight excluding hydrogens is 428 g/mol. The molecule has 0 radical (unpaired) electrons. The Labute approximate surface area is 178 Å². The Kier molecular flexibility index (Phi) is 6.63. The van der Waals surface area contributed by atoms with Gasteiger partial charge in [0, 0.05) is 37.2 Å². The molecule has 0 fully saturated rings. The molecule has 1 unspecified atom stereocenters. The van der Waals surface area contributed by atoms with Crippen LogP contribution in [0.5, 0.6) is 0 Å². The van der Waals surface area contributed by atoms with Gasteiger partial charge in [0.15, 0.2) is 0 Å². The summed E-state index contributed by atoms with van der Waals surface area (Å²) in [5.74, 6) is -1.93. The lowest BCUT2D eigenvalue weighted by molar-refractivity contribution is 0.0599. The van der Waals surface area contributed by atoms with Crippen molar-refractivity contribution in [3.63, 3.8) is 0 Å². The van der Waals surface area contributed by atoms with Crippen LogP contribution in [0.15, 0.2) is 53.6 Å². The summed E-state index contributed by atoms with van der Waals surface area (Å²) >= 11 is 0. The molecule has 0 aliphatic heterocycles. The van der Waals surface area contributed by atoms with Gasteiger partial charge in [-0.25, -0.2) is 22.3 Å². The minimum atomic E-state index is -4.01. The molecule has 10 heteroatoms. The Bertz CT molecular complexity index is 1230. The van der Waals surface area contributed by atoms with E-state index in [-0.39, 0.29) is 34.6 Å². The van der Waals surface area contributed by atoms with Crippen LogP contribution in [-0.4, -0.2) is 51.0 Å². The molecule has 164 valence electrons. The third-order valence-electron chi connectivity index (χ3n) is 4.97. The molecule has 1 heterocycles. The Balaban J connectivity index is 1.99. The van der Waals surface area contributed by atoms with Crippen LogP contribution in [0.2, 0.25) is 0 Å². The van der Waals surface area contributed by atoms with Crippen molar-refractivity contribution in [3.05, 3.63) is 71.6 Å². The molecule has 2 N–H and O–H groups in total. The summed E-state index contributed by atoms with van der Waals surface area (Å²) < 4.78 is 56.3. The number of nitrogens with zero attached hydrogens (tertiary/aromatic N) is 2. The van der Waals surface area contributed by atoms with E-state index < -0.39 is 33.6 Å². The Morgan fingerprint density at radius 2 is 1.94 bits per heavy atom. The fourth-order valence-corrected chi connectivity index (χ4v) is 4.12. The van der Waals surface area contributed by atoms with Crippen LogP contribution < -0.4 is 5.14 Å². The summed E-state index contributed by atoms with van der Waals surface area (Å²) in [4.78, 5) is 18.6. The van der Waals surface area contributed by atoms with Gasteiger partial charge in [-0.15, -0.1) is 0 Å². The zero-order valence-electron chi connectivity index (χ0n) is 16.9. The predicted molar refractivity (Wildman–Crippen MR) is 111 cm³/mol. The zero-order chi connectivity index (χ0) is 22.8. The maximum Gasteiger partial charge on any atom is 0.273 e. The monoisotopic (exact) mass is 449 g/mol. The van der Waals surface area contributed by atoms with Gasteiger partial charge in [-0.05, 0) is 30.2 Å². The number of fused-ring (bicyclic) bond motifs is 1. The standard InChI is InChI=1S/C21H21F2N3O4S/c1-26(15(12-30-2)10-13-6-7-14(22)11-18(13)23)21(27)20-17-4-3-5-19(31(24,28)29)16(17)8-9-25-20/h3-9,11,15H,10,12H2,1-2H3,(H2,24,28,29). The largest absolute Gasteiger partial charge is 0.383 e. The first-order valence-electron chi connectivity index (χ1n) is 9.24. The quantitative estimate of drug-likeness (QED) is 0.597. The van der Waals surface area contributed by atoms with Gasteiger partial charge in [0.05, 0.1) is 17.5 Å². The van der Waals surface area contributed by atoms with E-state index in [2.05, 4.69) is 4.98 Å². The maximum absolute atomic E-state index is 14.1. The lowest BCUT2D eigenvalue weighted by atomic mass is 10.0. The van der Waals surface area contributed by atoms with Gasteiger partial charge in [0.1, 0.15) is 17.3 Å². The van der Waals surface area contributed by atoms with Crippen LogP contribution in [0.4, 0.5) is 8.78 Å². The highest BCUT2D eigenvalue weighted by Crippen LogP contribution is 2.25. The number of rotatable bonds is 7. The number of halogens is 2. The van der Waals surface area contributed by atoms with Gasteiger partial charge in [-0.1, -0.05) is 18.2 Å². The number of sulfonamides is 1. The number of hydrogen-bond acceptors (Lipinski definition) is 5.